The number of alkyl halides is 3. The maximum absolute atomic E-state index is 13.7. The monoisotopic (exact) mass is 808 g/mol. The number of unbranched alkanes of at least 4 members (excludes halogenated alkanes) is 3. The lowest BCUT2D eigenvalue weighted by Crippen LogP contribution is -2.36. The molecule has 6 rings (SSSR count). The van der Waals surface area contributed by atoms with Gasteiger partial charge in [-0.2, -0.15) is 24.9 Å². The standard InChI is InChI=1S/C41H51F3N8O4S/c1-2-51-22-9-23-52(38-33(51)20-19-31(48-38)28-10-8-11-29(24-28)41(42,43)44)40(56)47-30-17-15-27(16-18-30)25-46-36(54)13-4-3-7-21-45-35(53)14-6-5-12-34-37-32(26-57-34)49-39(55)50-37/h8,10-11,15-20,24,32,34,37H,2-7,9,12-14,21-23,25-26H2,1H3,(H,45,53)(H,46,54)(H,47,56)(H2,49,50,55)/t32?,34-,37?/m0/s1. The number of carbonyl (C=O) groups excluding carboxylic acids is 4. The highest BCUT2D eigenvalue weighted by Crippen LogP contribution is 2.36. The normalized spacial score (nSPS) is 18.9. The fraction of sp³-hybridized carbons (Fsp3) is 0.488. The van der Waals surface area contributed by atoms with Crippen molar-refractivity contribution < 1.29 is 32.3 Å². The number of fused-ring (bicyclic) bond motifs is 2. The van der Waals surface area contributed by atoms with Crippen molar-refractivity contribution in [1.82, 2.24) is 26.3 Å². The van der Waals surface area contributed by atoms with Crippen molar-refractivity contribution in [2.75, 3.05) is 47.0 Å². The van der Waals surface area contributed by atoms with Gasteiger partial charge in [0.15, 0.2) is 5.82 Å². The quantitative estimate of drug-likeness (QED) is 0.0770. The molecule has 2 aromatic carbocycles. The number of urea groups is 2. The molecule has 0 aliphatic carbocycles. The summed E-state index contributed by atoms with van der Waals surface area (Å²) in [6, 6.07) is 15.6. The SMILES string of the molecule is CCN1CCCN(C(=O)Nc2ccc(CNC(=O)CCCCCNC(=O)CCCC[C@@H]3SCC4NC(=O)NC43)cc2)c2nc(-c3cccc(C(F)(F)F)c3)ccc21. The molecule has 0 bridgehead atoms. The fourth-order valence-corrected chi connectivity index (χ4v) is 8.98. The number of benzene rings is 2. The molecule has 5 N–H and O–H groups in total. The maximum Gasteiger partial charge on any atom is 0.416 e. The Bertz CT molecular complexity index is 1880. The Kier molecular flexibility index (Phi) is 14.2. The molecule has 2 saturated heterocycles. The predicted octanol–water partition coefficient (Wildman–Crippen LogP) is 7.05. The van der Waals surface area contributed by atoms with Gasteiger partial charge in [0.2, 0.25) is 11.8 Å². The van der Waals surface area contributed by atoms with Crippen molar-refractivity contribution in [2.24, 2.45) is 0 Å². The Morgan fingerprint density at radius 1 is 0.912 bits per heavy atom. The molecule has 3 aromatic rings. The van der Waals surface area contributed by atoms with Crippen LogP contribution in [0.1, 0.15) is 75.8 Å². The zero-order chi connectivity index (χ0) is 40.4. The van der Waals surface area contributed by atoms with Crippen molar-refractivity contribution >= 4 is 52.8 Å². The van der Waals surface area contributed by atoms with E-state index in [1.54, 1.807) is 24.3 Å². The van der Waals surface area contributed by atoms with Crippen LogP contribution in [0.25, 0.3) is 11.3 Å². The summed E-state index contributed by atoms with van der Waals surface area (Å²) in [4.78, 5) is 58.3. The second-order valence-electron chi connectivity index (χ2n) is 14.6. The largest absolute Gasteiger partial charge is 0.416 e. The van der Waals surface area contributed by atoms with E-state index in [2.05, 4.69) is 31.5 Å². The van der Waals surface area contributed by atoms with Gasteiger partial charge in [-0.05, 0) is 81.0 Å². The highest BCUT2D eigenvalue weighted by atomic mass is 32.2. The van der Waals surface area contributed by atoms with E-state index in [4.69, 9.17) is 4.98 Å². The van der Waals surface area contributed by atoms with E-state index in [0.29, 0.717) is 86.4 Å². The molecule has 6 amide bonds. The number of carbonyl (C=O) groups is 4. The first kappa shape index (κ1) is 41.6. The van der Waals surface area contributed by atoms with E-state index >= 15 is 0 Å². The lowest BCUT2D eigenvalue weighted by Gasteiger charge is -2.25. The van der Waals surface area contributed by atoms with Crippen molar-refractivity contribution in [3.8, 4) is 11.3 Å². The number of hydrogen-bond donors (Lipinski definition) is 5. The molecule has 57 heavy (non-hydrogen) atoms. The second kappa shape index (κ2) is 19.4. The Hall–Kier alpha value is -4.99. The highest BCUT2D eigenvalue weighted by molar-refractivity contribution is 8.00. The van der Waals surface area contributed by atoms with Crippen LogP contribution in [0.5, 0.6) is 0 Å². The molecule has 16 heteroatoms. The van der Waals surface area contributed by atoms with E-state index in [0.717, 1.165) is 61.2 Å². The van der Waals surface area contributed by atoms with E-state index in [-0.39, 0.29) is 29.9 Å². The molecule has 12 nitrogen and oxygen atoms in total. The van der Waals surface area contributed by atoms with Gasteiger partial charge in [0, 0.05) is 67.8 Å². The summed E-state index contributed by atoms with van der Waals surface area (Å²) in [6.45, 7) is 4.67. The zero-order valence-corrected chi connectivity index (χ0v) is 32.9. The minimum Gasteiger partial charge on any atom is -0.369 e. The highest BCUT2D eigenvalue weighted by Gasteiger charge is 2.42. The molecule has 3 aliphatic rings. The lowest BCUT2D eigenvalue weighted by atomic mass is 10.0. The Morgan fingerprint density at radius 3 is 2.46 bits per heavy atom. The molecule has 306 valence electrons. The Morgan fingerprint density at radius 2 is 1.68 bits per heavy atom. The molecule has 3 aliphatic heterocycles. The summed E-state index contributed by atoms with van der Waals surface area (Å²) in [7, 11) is 0. The fourth-order valence-electron chi connectivity index (χ4n) is 7.44. The topological polar surface area (TPSA) is 148 Å². The molecule has 1 aromatic heterocycles. The van der Waals surface area contributed by atoms with Crippen molar-refractivity contribution in [3.63, 3.8) is 0 Å². The van der Waals surface area contributed by atoms with E-state index < -0.39 is 17.8 Å². The third kappa shape index (κ3) is 11.3. The van der Waals surface area contributed by atoms with Crippen LogP contribution < -0.4 is 36.4 Å². The van der Waals surface area contributed by atoms with Gasteiger partial charge < -0.3 is 31.5 Å². The van der Waals surface area contributed by atoms with E-state index in [9.17, 15) is 32.3 Å². The summed E-state index contributed by atoms with van der Waals surface area (Å²) in [6.07, 6.45) is 2.15. The van der Waals surface area contributed by atoms with Crippen LogP contribution in [-0.2, 0) is 22.3 Å². The van der Waals surface area contributed by atoms with Gasteiger partial charge in [0.25, 0.3) is 0 Å². The van der Waals surface area contributed by atoms with Gasteiger partial charge in [-0.15, -0.1) is 0 Å². The van der Waals surface area contributed by atoms with Crippen molar-refractivity contribution in [2.45, 2.75) is 94.8 Å². The van der Waals surface area contributed by atoms with Crippen LogP contribution in [0.4, 0.5) is 40.0 Å². The zero-order valence-electron chi connectivity index (χ0n) is 32.1. The van der Waals surface area contributed by atoms with Crippen LogP contribution in [-0.4, -0.2) is 78.1 Å². The van der Waals surface area contributed by atoms with Gasteiger partial charge in [-0.3, -0.25) is 14.5 Å². The molecular formula is C41H51F3N8O4S. The molecule has 2 fully saturated rings. The van der Waals surface area contributed by atoms with Gasteiger partial charge in [0.05, 0.1) is 29.0 Å². The lowest BCUT2D eigenvalue weighted by molar-refractivity contribution is -0.137. The molecule has 3 atom stereocenters. The summed E-state index contributed by atoms with van der Waals surface area (Å²) in [5, 5.41) is 15.2. The maximum atomic E-state index is 13.7. The van der Waals surface area contributed by atoms with Crippen LogP contribution in [0.2, 0.25) is 0 Å². The molecule has 4 heterocycles. The summed E-state index contributed by atoms with van der Waals surface area (Å²) >= 11 is 1.88. The van der Waals surface area contributed by atoms with Crippen molar-refractivity contribution in [1.29, 1.82) is 0 Å². The summed E-state index contributed by atoms with van der Waals surface area (Å²) < 4.78 is 40.3. The first-order valence-corrected chi connectivity index (χ1v) is 20.9. The number of thioether (sulfide) groups is 1. The van der Waals surface area contributed by atoms with Gasteiger partial charge in [0.1, 0.15) is 0 Å². The van der Waals surface area contributed by atoms with E-state index in [1.165, 1.54) is 11.0 Å². The first-order chi connectivity index (χ1) is 27.5. The molecule has 0 spiro atoms. The van der Waals surface area contributed by atoms with Crippen LogP contribution in [0, 0.1) is 0 Å². The number of anilines is 3. The Balaban J connectivity index is 0.892. The molecule has 2 unspecified atom stereocenters. The number of rotatable bonds is 16. The van der Waals surface area contributed by atoms with Crippen molar-refractivity contribution in [3.05, 3.63) is 71.8 Å². The number of aromatic nitrogens is 1. The van der Waals surface area contributed by atoms with Crippen LogP contribution >= 0.6 is 11.8 Å². The van der Waals surface area contributed by atoms with Gasteiger partial charge in [-0.25, -0.2) is 14.6 Å². The smallest absolute Gasteiger partial charge is 0.369 e. The van der Waals surface area contributed by atoms with E-state index in [1.807, 2.05) is 36.9 Å². The molecule has 0 radical (unpaired) electrons. The third-order valence-corrected chi connectivity index (χ3v) is 12.1. The summed E-state index contributed by atoms with van der Waals surface area (Å²) in [5.41, 5.74) is 2.02. The van der Waals surface area contributed by atoms with Crippen LogP contribution in [0.15, 0.2) is 60.7 Å². The third-order valence-electron chi connectivity index (χ3n) is 10.6. The number of nitrogens with zero attached hydrogens (tertiary/aromatic N) is 3. The molecule has 0 saturated carbocycles. The predicted molar refractivity (Wildman–Crippen MR) is 217 cm³/mol. The number of halogens is 3. The van der Waals surface area contributed by atoms with Gasteiger partial charge in [-0.1, -0.05) is 37.1 Å². The minimum atomic E-state index is -4.49. The Labute approximate surface area is 335 Å². The average molecular weight is 809 g/mol. The summed E-state index contributed by atoms with van der Waals surface area (Å²) in [5.74, 6) is 1.30. The number of nitrogens with one attached hydrogen (secondary N) is 5. The minimum absolute atomic E-state index is 0.0461. The number of amides is 6. The second-order valence-corrected chi connectivity index (χ2v) is 15.9. The van der Waals surface area contributed by atoms with Gasteiger partial charge >= 0.3 is 18.2 Å². The first-order valence-electron chi connectivity index (χ1n) is 19.8. The number of hydrogen-bond acceptors (Lipinski definition) is 7. The van der Waals surface area contributed by atoms with Crippen LogP contribution in [0.3, 0.4) is 0 Å². The average Bonchev–Trinajstić information content (AvgIpc) is 3.69. The molecular weight excluding hydrogens is 758 g/mol. The number of pyridine rings is 1.